The number of aliphatic hydroxyl groups excluding tert-OH is 1. The van der Waals surface area contributed by atoms with E-state index in [1.165, 1.54) is 19.3 Å². The van der Waals surface area contributed by atoms with Gasteiger partial charge in [0.2, 0.25) is 0 Å². The fourth-order valence-electron chi connectivity index (χ4n) is 2.72. The Morgan fingerprint density at radius 2 is 1.84 bits per heavy atom. The lowest BCUT2D eigenvalue weighted by molar-refractivity contribution is 0.0397. The molecule has 0 aromatic heterocycles. The van der Waals surface area contributed by atoms with E-state index < -0.39 is 6.10 Å². The summed E-state index contributed by atoms with van der Waals surface area (Å²) in [6.07, 6.45) is 9.10. The average molecular weight is 289 g/mol. The van der Waals surface area contributed by atoms with Crippen molar-refractivity contribution < 1.29 is 5.11 Å². The van der Waals surface area contributed by atoms with Crippen LogP contribution in [-0.4, -0.2) is 16.6 Å². The van der Waals surface area contributed by atoms with Gasteiger partial charge in [-0.15, -0.1) is 18.2 Å². The number of hydrogen-bond donors (Lipinski definition) is 1. The number of hydrogen-bond acceptors (Lipinski definition) is 1. The second-order valence-corrected chi connectivity index (χ2v) is 6.75. The smallest absolute Gasteiger partial charge is 0.0794 e. The van der Waals surface area contributed by atoms with E-state index in [1.807, 2.05) is 6.08 Å². The molecule has 0 amide bonds. The van der Waals surface area contributed by atoms with E-state index in [1.54, 1.807) is 0 Å². The summed E-state index contributed by atoms with van der Waals surface area (Å²) in [5, 5.41) is 10.5. The Labute approximate surface area is 125 Å². The minimum Gasteiger partial charge on any atom is -0.391 e. The van der Waals surface area contributed by atoms with Gasteiger partial charge in [-0.1, -0.05) is 59.5 Å². The molecule has 0 saturated carbocycles. The maximum absolute atomic E-state index is 10.6. The zero-order valence-electron chi connectivity index (χ0n) is 13.3. The molecule has 114 valence electrons. The van der Waals surface area contributed by atoms with Crippen molar-refractivity contribution in [1.29, 1.82) is 0 Å². The van der Waals surface area contributed by atoms with Gasteiger partial charge in [0.1, 0.15) is 0 Å². The topological polar surface area (TPSA) is 20.2 Å². The van der Waals surface area contributed by atoms with Crippen LogP contribution < -0.4 is 0 Å². The summed E-state index contributed by atoms with van der Waals surface area (Å²) in [5.74, 6) is 0.511. The van der Waals surface area contributed by atoms with Crippen molar-refractivity contribution >= 4 is 11.6 Å². The first kappa shape index (κ1) is 19.0. The third kappa shape index (κ3) is 6.31. The predicted molar refractivity (Wildman–Crippen MR) is 86.8 cm³/mol. The van der Waals surface area contributed by atoms with Crippen molar-refractivity contribution in [2.45, 2.75) is 84.1 Å². The van der Waals surface area contributed by atoms with E-state index in [-0.39, 0.29) is 10.8 Å². The largest absolute Gasteiger partial charge is 0.391 e. The molecule has 1 N–H and O–H groups in total. The normalized spacial score (nSPS) is 18.1. The molecule has 0 rings (SSSR count). The molecule has 0 aliphatic carbocycles. The van der Waals surface area contributed by atoms with Crippen LogP contribution in [0.3, 0.4) is 0 Å². The van der Waals surface area contributed by atoms with Gasteiger partial charge in [0, 0.05) is 5.41 Å². The summed E-state index contributed by atoms with van der Waals surface area (Å²) in [5.41, 5.74) is -0.213. The number of unbranched alkanes of at least 4 members (excludes halogenated alkanes) is 3. The molecule has 0 aromatic rings. The second kappa shape index (κ2) is 9.83. The fraction of sp³-hybridized carbons (Fsp3) is 0.882. The monoisotopic (exact) mass is 288 g/mol. The van der Waals surface area contributed by atoms with Crippen molar-refractivity contribution in [3.63, 3.8) is 0 Å². The zero-order chi connectivity index (χ0) is 14.9. The summed E-state index contributed by atoms with van der Waals surface area (Å²) in [6.45, 7) is 12.6. The quantitative estimate of drug-likeness (QED) is 0.300. The Morgan fingerprint density at radius 1 is 1.21 bits per heavy atom. The van der Waals surface area contributed by atoms with Gasteiger partial charge in [0.15, 0.2) is 0 Å². The first-order valence-corrected chi connectivity index (χ1v) is 8.32. The summed E-state index contributed by atoms with van der Waals surface area (Å²) in [7, 11) is 0. The van der Waals surface area contributed by atoms with Crippen LogP contribution in [0.25, 0.3) is 0 Å². The van der Waals surface area contributed by atoms with Gasteiger partial charge in [-0.2, -0.15) is 0 Å². The fourth-order valence-corrected chi connectivity index (χ4v) is 3.33. The zero-order valence-corrected chi connectivity index (χ0v) is 14.0. The Bertz CT molecular complexity index is 239. The van der Waals surface area contributed by atoms with E-state index >= 15 is 0 Å². The molecule has 0 bridgehead atoms. The van der Waals surface area contributed by atoms with Crippen molar-refractivity contribution in [3.8, 4) is 0 Å². The number of alkyl halides is 1. The summed E-state index contributed by atoms with van der Waals surface area (Å²) in [4.78, 5) is 0. The van der Waals surface area contributed by atoms with Crippen LogP contribution in [0.15, 0.2) is 12.7 Å². The highest BCUT2D eigenvalue weighted by molar-refractivity contribution is 6.21. The van der Waals surface area contributed by atoms with Gasteiger partial charge in [-0.25, -0.2) is 0 Å². The van der Waals surface area contributed by atoms with Gasteiger partial charge in [-0.3, -0.25) is 0 Å². The van der Waals surface area contributed by atoms with Crippen LogP contribution in [0.1, 0.15) is 72.6 Å². The van der Waals surface area contributed by atoms with Crippen LogP contribution in [0.2, 0.25) is 0 Å². The van der Waals surface area contributed by atoms with E-state index in [2.05, 4.69) is 34.3 Å². The molecular formula is C17H33ClO. The molecule has 0 aromatic carbocycles. The van der Waals surface area contributed by atoms with E-state index in [9.17, 15) is 5.11 Å². The third-order valence-corrected chi connectivity index (χ3v) is 4.61. The molecule has 0 heterocycles. The van der Waals surface area contributed by atoms with Gasteiger partial charge >= 0.3 is 0 Å². The van der Waals surface area contributed by atoms with Crippen LogP contribution in [-0.2, 0) is 0 Å². The second-order valence-electron chi connectivity index (χ2n) is 6.19. The van der Waals surface area contributed by atoms with Gasteiger partial charge in [0.05, 0.1) is 11.5 Å². The molecular weight excluding hydrogens is 256 g/mol. The highest BCUT2D eigenvalue weighted by atomic mass is 35.5. The SMILES string of the molecule is C=C[C@](CC)(CCCCCC)C(O)C(Cl)CC(C)C. The van der Waals surface area contributed by atoms with Gasteiger partial charge in [0.25, 0.3) is 0 Å². The number of halogens is 1. The van der Waals surface area contributed by atoms with Crippen LogP contribution in [0.4, 0.5) is 0 Å². The molecule has 0 spiro atoms. The first-order valence-electron chi connectivity index (χ1n) is 7.89. The molecule has 2 heteroatoms. The highest BCUT2D eigenvalue weighted by Crippen LogP contribution is 2.38. The minimum atomic E-state index is -0.485. The Balaban J connectivity index is 4.61. The summed E-state index contributed by atoms with van der Waals surface area (Å²) >= 11 is 6.41. The van der Waals surface area contributed by atoms with Crippen molar-refractivity contribution in [2.75, 3.05) is 0 Å². The maximum atomic E-state index is 10.6. The molecule has 0 aliphatic heterocycles. The summed E-state index contributed by atoms with van der Waals surface area (Å²) in [6, 6.07) is 0. The van der Waals surface area contributed by atoms with Crippen molar-refractivity contribution in [1.82, 2.24) is 0 Å². The molecule has 19 heavy (non-hydrogen) atoms. The Kier molecular flexibility index (Phi) is 9.82. The van der Waals surface area contributed by atoms with E-state index in [4.69, 9.17) is 11.6 Å². The molecule has 2 unspecified atom stereocenters. The maximum Gasteiger partial charge on any atom is 0.0794 e. The Hall–Kier alpha value is -0.0100. The lowest BCUT2D eigenvalue weighted by atomic mass is 9.73. The van der Waals surface area contributed by atoms with Crippen LogP contribution in [0, 0.1) is 11.3 Å². The third-order valence-electron chi connectivity index (χ3n) is 4.19. The summed E-state index contributed by atoms with van der Waals surface area (Å²) < 4.78 is 0. The minimum absolute atomic E-state index is 0.177. The predicted octanol–water partition coefficient (Wildman–Crippen LogP) is 5.55. The molecule has 3 atom stereocenters. The van der Waals surface area contributed by atoms with Gasteiger partial charge < -0.3 is 5.11 Å². The van der Waals surface area contributed by atoms with Gasteiger partial charge in [-0.05, 0) is 25.2 Å². The first-order chi connectivity index (χ1) is 8.93. The number of rotatable bonds is 11. The molecule has 1 nitrogen and oxygen atoms in total. The van der Waals surface area contributed by atoms with Crippen LogP contribution in [0.5, 0.6) is 0 Å². The average Bonchev–Trinajstić information content (AvgIpc) is 2.38. The number of aliphatic hydroxyl groups is 1. The lowest BCUT2D eigenvalue weighted by Crippen LogP contribution is -2.40. The van der Waals surface area contributed by atoms with E-state index in [0.717, 1.165) is 25.7 Å². The molecule has 0 fully saturated rings. The Morgan fingerprint density at radius 3 is 2.26 bits per heavy atom. The highest BCUT2D eigenvalue weighted by Gasteiger charge is 2.37. The molecule has 0 saturated heterocycles. The standard InChI is InChI=1S/C17H33ClO/c1-6-9-10-11-12-17(7-2,8-3)16(19)15(18)13-14(4)5/h7,14-16,19H,2,6,8-13H2,1,3-5H3/t15?,16?,17-/m0/s1. The van der Waals surface area contributed by atoms with E-state index in [0.29, 0.717) is 5.92 Å². The lowest BCUT2D eigenvalue weighted by Gasteiger charge is -2.37. The van der Waals surface area contributed by atoms with Crippen molar-refractivity contribution in [2.24, 2.45) is 11.3 Å². The van der Waals surface area contributed by atoms with Crippen LogP contribution >= 0.6 is 11.6 Å². The van der Waals surface area contributed by atoms with Crippen molar-refractivity contribution in [3.05, 3.63) is 12.7 Å². The molecule has 0 radical (unpaired) electrons. The molecule has 0 aliphatic rings.